The Bertz CT molecular complexity index is 573. The number of anilines is 1. The third kappa shape index (κ3) is 4.15. The lowest BCUT2D eigenvalue weighted by atomic mass is 10.3. The summed E-state index contributed by atoms with van der Waals surface area (Å²) in [6.07, 6.45) is 0.543. The molecule has 1 aromatic carbocycles. The molecule has 0 amide bonds. The van der Waals surface area contributed by atoms with Crippen molar-refractivity contribution in [2.24, 2.45) is 0 Å². The van der Waals surface area contributed by atoms with E-state index in [9.17, 15) is 18.5 Å². The minimum Gasteiger partial charge on any atom is -0.385 e. The molecule has 0 atom stereocenters. The van der Waals surface area contributed by atoms with Gasteiger partial charge in [-0.3, -0.25) is 10.1 Å². The van der Waals surface area contributed by atoms with Crippen LogP contribution in [0.4, 0.5) is 11.4 Å². The smallest absolute Gasteiger partial charge is 0.292 e. The Morgan fingerprint density at radius 3 is 2.65 bits per heavy atom. The number of rotatable bonds is 8. The fraction of sp³-hybridized carbons (Fsp3) is 0.455. The van der Waals surface area contributed by atoms with Crippen molar-refractivity contribution >= 4 is 21.4 Å². The van der Waals surface area contributed by atoms with E-state index in [2.05, 4.69) is 10.0 Å². The third-order valence-corrected chi connectivity index (χ3v) is 4.02. The lowest BCUT2D eigenvalue weighted by Crippen LogP contribution is -2.25. The molecule has 0 aromatic heterocycles. The largest absolute Gasteiger partial charge is 0.385 e. The summed E-state index contributed by atoms with van der Waals surface area (Å²) < 4.78 is 31.2. The van der Waals surface area contributed by atoms with Crippen LogP contribution in [0.15, 0.2) is 23.1 Å². The highest BCUT2D eigenvalue weighted by atomic mass is 32.2. The Labute approximate surface area is 117 Å². The average Bonchev–Trinajstić information content (AvgIpc) is 2.42. The highest BCUT2D eigenvalue weighted by Crippen LogP contribution is 2.26. The third-order valence-electron chi connectivity index (χ3n) is 2.56. The van der Waals surface area contributed by atoms with Crippen LogP contribution < -0.4 is 10.0 Å². The lowest BCUT2D eigenvalue weighted by molar-refractivity contribution is -0.384. The van der Waals surface area contributed by atoms with Crippen molar-refractivity contribution in [3.8, 4) is 0 Å². The quantitative estimate of drug-likeness (QED) is 0.420. The van der Waals surface area contributed by atoms with Crippen LogP contribution in [0, 0.1) is 10.1 Å². The number of sulfonamides is 1. The lowest BCUT2D eigenvalue weighted by Gasteiger charge is -2.08. The molecule has 1 rings (SSSR count). The molecular formula is C11H17N3O5S. The molecule has 0 aliphatic carbocycles. The first-order chi connectivity index (χ1) is 9.42. The van der Waals surface area contributed by atoms with Crippen LogP contribution in [0.5, 0.6) is 0 Å². The van der Waals surface area contributed by atoms with Crippen molar-refractivity contribution in [2.75, 3.05) is 32.6 Å². The topological polar surface area (TPSA) is 111 Å². The number of nitrogens with one attached hydrogen (secondary N) is 2. The van der Waals surface area contributed by atoms with Crippen LogP contribution in [0.1, 0.15) is 6.42 Å². The number of nitro benzene ring substituents is 1. The normalized spacial score (nSPS) is 11.3. The van der Waals surface area contributed by atoms with Gasteiger partial charge in [0.25, 0.3) is 5.69 Å². The van der Waals surface area contributed by atoms with Gasteiger partial charge in [0.15, 0.2) is 0 Å². The zero-order chi connectivity index (χ0) is 15.2. The fourth-order valence-corrected chi connectivity index (χ4v) is 2.65. The average molecular weight is 303 g/mol. The van der Waals surface area contributed by atoms with E-state index in [-0.39, 0.29) is 22.8 Å². The second-order valence-corrected chi connectivity index (χ2v) is 5.70. The number of benzene rings is 1. The summed E-state index contributed by atoms with van der Waals surface area (Å²) in [5, 5.41) is 13.4. The maximum absolute atomic E-state index is 12.0. The van der Waals surface area contributed by atoms with Crippen LogP contribution in [0.2, 0.25) is 0 Å². The Balaban J connectivity index is 2.93. The summed E-state index contributed by atoms with van der Waals surface area (Å²) in [5.74, 6) is 0. The monoisotopic (exact) mass is 303 g/mol. The van der Waals surface area contributed by atoms with Crippen LogP contribution in [0.25, 0.3) is 0 Å². The molecular weight excluding hydrogens is 286 g/mol. The van der Waals surface area contributed by atoms with Crippen molar-refractivity contribution in [2.45, 2.75) is 11.3 Å². The van der Waals surface area contributed by atoms with Crippen LogP contribution in [0.3, 0.4) is 0 Å². The molecule has 20 heavy (non-hydrogen) atoms. The fourth-order valence-electron chi connectivity index (χ4n) is 1.55. The SMILES string of the molecule is CNc1cc(S(=O)(=O)NCCCOC)ccc1[N+](=O)[O-]. The number of nitrogens with zero attached hydrogens (tertiary/aromatic N) is 1. The van der Waals surface area contributed by atoms with E-state index < -0.39 is 14.9 Å². The molecule has 2 N–H and O–H groups in total. The summed E-state index contributed by atoms with van der Waals surface area (Å²) in [7, 11) is -0.661. The Kier molecular flexibility index (Phi) is 5.86. The number of methoxy groups -OCH3 is 1. The van der Waals surface area contributed by atoms with Crippen LogP contribution in [-0.4, -0.2) is 40.7 Å². The van der Waals surface area contributed by atoms with E-state index in [1.165, 1.54) is 26.3 Å². The second kappa shape index (κ2) is 7.17. The summed E-state index contributed by atoms with van der Waals surface area (Å²) >= 11 is 0. The van der Waals surface area contributed by atoms with Gasteiger partial charge in [-0.05, 0) is 18.6 Å². The van der Waals surface area contributed by atoms with Gasteiger partial charge in [0.05, 0.1) is 9.82 Å². The molecule has 0 heterocycles. The predicted molar refractivity (Wildman–Crippen MR) is 74.3 cm³/mol. The Morgan fingerprint density at radius 1 is 1.40 bits per heavy atom. The second-order valence-electron chi connectivity index (χ2n) is 3.93. The molecule has 0 fully saturated rings. The number of hydrogen-bond donors (Lipinski definition) is 2. The zero-order valence-electron chi connectivity index (χ0n) is 11.3. The first kappa shape index (κ1) is 16.3. The molecule has 8 nitrogen and oxygen atoms in total. The van der Waals surface area contributed by atoms with Crippen molar-refractivity contribution < 1.29 is 18.1 Å². The van der Waals surface area contributed by atoms with E-state index >= 15 is 0 Å². The molecule has 0 saturated carbocycles. The van der Waals surface area contributed by atoms with E-state index in [0.29, 0.717) is 13.0 Å². The van der Waals surface area contributed by atoms with E-state index in [1.54, 1.807) is 0 Å². The van der Waals surface area contributed by atoms with Crippen molar-refractivity contribution in [1.29, 1.82) is 0 Å². The molecule has 0 aliphatic rings. The molecule has 0 saturated heterocycles. The Morgan fingerprint density at radius 2 is 2.10 bits per heavy atom. The van der Waals surface area contributed by atoms with Gasteiger partial charge in [-0.1, -0.05) is 0 Å². The molecule has 0 spiro atoms. The minimum absolute atomic E-state index is 0.0233. The summed E-state index contributed by atoms with van der Waals surface area (Å²) in [6, 6.07) is 3.60. The van der Waals surface area contributed by atoms with Crippen molar-refractivity contribution in [3.63, 3.8) is 0 Å². The molecule has 0 unspecified atom stereocenters. The predicted octanol–water partition coefficient (Wildman–Crippen LogP) is 0.951. The molecule has 0 radical (unpaired) electrons. The first-order valence-corrected chi connectivity index (χ1v) is 7.35. The van der Waals surface area contributed by atoms with Gasteiger partial charge in [-0.25, -0.2) is 13.1 Å². The van der Waals surface area contributed by atoms with Crippen molar-refractivity contribution in [1.82, 2.24) is 4.72 Å². The van der Waals surface area contributed by atoms with Gasteiger partial charge in [0.1, 0.15) is 5.69 Å². The van der Waals surface area contributed by atoms with E-state index in [4.69, 9.17) is 4.74 Å². The number of nitro groups is 1. The van der Waals surface area contributed by atoms with Gasteiger partial charge in [0.2, 0.25) is 10.0 Å². The minimum atomic E-state index is -3.68. The highest BCUT2D eigenvalue weighted by Gasteiger charge is 2.19. The first-order valence-electron chi connectivity index (χ1n) is 5.87. The molecule has 0 bridgehead atoms. The summed E-state index contributed by atoms with van der Waals surface area (Å²) in [6.45, 7) is 0.687. The number of hydrogen-bond acceptors (Lipinski definition) is 6. The van der Waals surface area contributed by atoms with E-state index in [1.807, 2.05) is 0 Å². The zero-order valence-corrected chi connectivity index (χ0v) is 12.1. The standard InChI is InChI=1S/C11H17N3O5S/c1-12-10-8-9(4-5-11(10)14(15)16)20(17,18)13-6-3-7-19-2/h4-5,8,12-13H,3,6-7H2,1-2H3. The molecule has 0 aliphatic heterocycles. The van der Waals surface area contributed by atoms with Crippen molar-refractivity contribution in [3.05, 3.63) is 28.3 Å². The number of ether oxygens (including phenoxy) is 1. The van der Waals surface area contributed by atoms with E-state index in [0.717, 1.165) is 6.07 Å². The molecule has 1 aromatic rings. The molecule has 9 heteroatoms. The van der Waals surface area contributed by atoms with Crippen LogP contribution in [-0.2, 0) is 14.8 Å². The van der Waals surface area contributed by atoms with Gasteiger partial charge >= 0.3 is 0 Å². The van der Waals surface area contributed by atoms with Gasteiger partial charge in [-0.2, -0.15) is 0 Å². The van der Waals surface area contributed by atoms with Crippen LogP contribution >= 0.6 is 0 Å². The van der Waals surface area contributed by atoms with Gasteiger partial charge in [0, 0.05) is 33.4 Å². The summed E-state index contributed by atoms with van der Waals surface area (Å²) in [4.78, 5) is 10.2. The Hall–Kier alpha value is -1.71. The maximum Gasteiger partial charge on any atom is 0.292 e. The molecule has 112 valence electrons. The van der Waals surface area contributed by atoms with Gasteiger partial charge in [-0.15, -0.1) is 0 Å². The summed E-state index contributed by atoms with van der Waals surface area (Å²) in [5.41, 5.74) is -0.0272. The van der Waals surface area contributed by atoms with Gasteiger partial charge < -0.3 is 10.1 Å². The highest BCUT2D eigenvalue weighted by molar-refractivity contribution is 7.89. The maximum atomic E-state index is 12.0.